The second-order valence-electron chi connectivity index (χ2n) is 29.2. The molecule has 0 saturated carbocycles. The quantitative estimate of drug-likeness (QED) is 0.0206. The molecule has 33 nitrogen and oxygen atoms in total. The molecule has 4 aromatic rings. The summed E-state index contributed by atoms with van der Waals surface area (Å²) in [5.41, 5.74) is 16.4. The van der Waals surface area contributed by atoms with Crippen LogP contribution >= 0.6 is 12.4 Å². The van der Waals surface area contributed by atoms with Gasteiger partial charge in [0.1, 0.15) is 0 Å². The molecule has 5 saturated heterocycles. The van der Waals surface area contributed by atoms with Crippen molar-refractivity contribution in [2.75, 3.05) is 279 Å². The number of ether oxygens (including phenoxy) is 1. The zero-order valence-electron chi connectivity index (χ0n) is 66.0. The van der Waals surface area contributed by atoms with E-state index in [0.29, 0.717) is 13.1 Å². The summed E-state index contributed by atoms with van der Waals surface area (Å²) in [6, 6.07) is 21.6. The Morgan fingerprint density at radius 1 is 0.459 bits per heavy atom. The summed E-state index contributed by atoms with van der Waals surface area (Å²) in [5.74, 6) is 0. The van der Waals surface area contributed by atoms with Gasteiger partial charge in [-0.3, -0.25) is 61.8 Å². The summed E-state index contributed by atoms with van der Waals surface area (Å²) >= 11 is 0. The largest absolute Gasteiger partial charge is 1.00 e. The number of benzene rings is 4. The Morgan fingerprint density at radius 3 is 1.05 bits per heavy atom. The van der Waals surface area contributed by atoms with E-state index in [1.165, 1.54) is 136 Å². The number of likely N-dealkylation sites (N-methyl/N-ethyl adjacent to an activating group) is 3. The Bertz CT molecular complexity index is 3800. The number of nitrogen functional groups attached to an aromatic ring is 1. The average Bonchev–Trinajstić information content (AvgIpc) is 1.69. The molecule has 9 heterocycles. The zero-order valence-corrected chi connectivity index (χ0v) is 73.0. The Labute approximate surface area is 685 Å². The van der Waals surface area contributed by atoms with Gasteiger partial charge in [-0.25, -0.2) is 8.42 Å². The van der Waals surface area contributed by atoms with E-state index in [-0.39, 0.29) is 85.2 Å². The fourth-order valence-corrected chi connectivity index (χ4v) is 13.9. The van der Waals surface area contributed by atoms with Gasteiger partial charge < -0.3 is 65.8 Å². The van der Waals surface area contributed by atoms with Crippen LogP contribution < -0.4 is 37.7 Å². The number of nitro groups is 3. The molecule has 0 amide bonds. The van der Waals surface area contributed by atoms with Crippen LogP contribution in [-0.2, 0) is 97.5 Å². The van der Waals surface area contributed by atoms with Gasteiger partial charge in [0.05, 0.1) is 103 Å². The van der Waals surface area contributed by atoms with E-state index in [1.54, 1.807) is 30.3 Å². The van der Waals surface area contributed by atoms with Crippen molar-refractivity contribution < 1.29 is 107 Å². The van der Waals surface area contributed by atoms with E-state index in [2.05, 4.69) is 110 Å². The van der Waals surface area contributed by atoms with Crippen LogP contribution in [0.25, 0.3) is 0 Å². The van der Waals surface area contributed by atoms with E-state index in [0.717, 1.165) is 184 Å². The number of rotatable bonds is 19. The molecule has 39 heteroatoms. The molecule has 5 fully saturated rings. The van der Waals surface area contributed by atoms with Crippen molar-refractivity contribution in [3.8, 4) is 0 Å². The molecule has 13 rings (SSSR count). The summed E-state index contributed by atoms with van der Waals surface area (Å²) in [6.45, 7) is 29.3. The summed E-state index contributed by atoms with van der Waals surface area (Å²) in [5, 5.41) is 32.6. The van der Waals surface area contributed by atoms with Crippen LogP contribution in [0.3, 0.4) is 0 Å². The van der Waals surface area contributed by atoms with Crippen molar-refractivity contribution in [2.24, 2.45) is 0 Å². The summed E-state index contributed by atoms with van der Waals surface area (Å²) in [7, 11) is 4.93. The number of halogens is 2. The molecule has 0 spiro atoms. The van der Waals surface area contributed by atoms with E-state index < -0.39 is 35.8 Å². The number of quaternary nitrogens is 2. The topological polar surface area (TPSA) is 356 Å². The minimum atomic E-state index is -4.41. The molecule has 0 unspecified atom stereocenters. The summed E-state index contributed by atoms with van der Waals surface area (Å²) in [4.78, 5) is 52.9. The SMILES string of the molecule is C.C1CCOC1.CN1CCCCC1.CN1CCN(CCN2CCc3ccc([N+](=O)[O-])cc32)CC1.COS(=O)(=O)OC.COS(=O)(=O)[O-].CS(=O)(=O)OCCN1CCc2ccc([N+](=O)[O-])cc21.C[N+]1(C)CCN(CCN2CCc3ccc(N)cc32)CC1.C[N+]1(C)CCN(CCN2CCc3ccc([N+](=O)[O-])cc32)CC1.Cl.[Cl-].[Zn]. The predicted octanol–water partition coefficient (Wildman–Crippen LogP) is 3.09. The van der Waals surface area contributed by atoms with Crippen LogP contribution in [0.2, 0.25) is 0 Å². The molecule has 9 aliphatic heterocycles. The third-order valence-electron chi connectivity index (χ3n) is 20.3. The first-order chi connectivity index (χ1) is 50.6. The molecule has 2 N–H and O–H groups in total. The van der Waals surface area contributed by atoms with Crippen LogP contribution in [0.1, 0.15) is 61.8 Å². The van der Waals surface area contributed by atoms with Crippen LogP contribution in [0.15, 0.2) is 72.8 Å². The van der Waals surface area contributed by atoms with Crippen molar-refractivity contribution >= 4 is 88.8 Å². The molecule has 0 bridgehead atoms. The molecular weight excluding hydrogens is 1600 g/mol. The van der Waals surface area contributed by atoms with Crippen molar-refractivity contribution in [1.82, 2.24) is 24.5 Å². The second-order valence-corrected chi connectivity index (χ2v) is 33.4. The van der Waals surface area contributed by atoms with Crippen molar-refractivity contribution in [3.05, 3.63) is 125 Å². The maximum absolute atomic E-state index is 11.0. The smallest absolute Gasteiger partial charge is 0.399 e. The molecular formula is C72H123Cl2N15O18S3Zn. The van der Waals surface area contributed by atoms with Crippen molar-refractivity contribution in [1.29, 1.82) is 0 Å². The van der Waals surface area contributed by atoms with Crippen LogP contribution in [0.4, 0.5) is 45.5 Å². The normalized spacial score (nSPS) is 18.4. The Hall–Kier alpha value is -5.39. The first-order valence-electron chi connectivity index (χ1n) is 36.7. The van der Waals surface area contributed by atoms with Gasteiger partial charge in [0.25, 0.3) is 27.2 Å². The minimum Gasteiger partial charge on any atom is -1.00 e. The summed E-state index contributed by atoms with van der Waals surface area (Å²) in [6.07, 6.45) is 11.8. The van der Waals surface area contributed by atoms with E-state index >= 15 is 0 Å². The number of hydrogen-bond donors (Lipinski definition) is 1. The van der Waals surface area contributed by atoms with Gasteiger partial charge in [0.2, 0.25) is 10.4 Å². The minimum absolute atomic E-state index is 0. The third kappa shape index (κ3) is 37.0. The van der Waals surface area contributed by atoms with Crippen LogP contribution in [0.5, 0.6) is 0 Å². The number of fused-ring (bicyclic) bond motifs is 4. The molecule has 111 heavy (non-hydrogen) atoms. The van der Waals surface area contributed by atoms with E-state index in [1.807, 2.05) is 23.1 Å². The standard InChI is InChI=1S/C16H25N4O2.C16H27N4.C15H22N4O2.C11H14N2O5S.C6H13N.C4H8O.C2H6O4S.CH4O4S.CH4.2ClH.Zn/c1-20(2)11-9-17(10-12-20)7-8-18-6-5-14-3-4-15(19(21)22)13-16(14)18;1-20(2)11-9-18(10-12-20)7-8-19-6-5-14-3-4-15(17)13-16(14)19;1-16-6-8-17(9-7-16)10-11-18-5-4-13-2-3-14(19(20)21)12-15(13)18;1-19(16,17)18-7-6-12-5-4-9-2-3-10(13(14)15)8-11(9)12;1-7-5-3-2-4-6-7;1-2-4-5-3-1;1-5-7(3,4)6-2;1-5-6(2,3)4;;;;/h3-4,13H,5-12H2,1-2H3;3-4,13H,5-12,17H2,1-2H3;2-3,12H,4-11H2,1H3;2-3,8H,4-7H2,1H3;2-6H2,1H3;1-4H2;1-2H3;1H3,(H,2,3,4);1H4;2*1H;/q2*+1;;;;;;;;;;/p-2. The van der Waals surface area contributed by atoms with Gasteiger partial charge in [-0.2, -0.15) is 16.8 Å². The first kappa shape index (κ1) is 102. The number of likely N-dealkylation sites (tertiary alicyclic amines) is 1. The number of piperidine rings is 1. The zero-order chi connectivity index (χ0) is 78.5. The number of nitro benzene ring substituents is 3. The number of hydrogen-bond acceptors (Lipinski definition) is 28. The molecule has 0 atom stereocenters. The summed E-state index contributed by atoms with van der Waals surface area (Å²) < 4.78 is 92.2. The molecule has 0 aliphatic carbocycles. The number of piperazine rings is 3. The van der Waals surface area contributed by atoms with Gasteiger partial charge in [-0.05, 0) is 113 Å². The van der Waals surface area contributed by atoms with E-state index in [4.69, 9.17) is 10.5 Å². The number of non-ortho nitro benzene ring substituents is 3. The van der Waals surface area contributed by atoms with Crippen molar-refractivity contribution in [2.45, 2.75) is 65.2 Å². The number of nitrogens with zero attached hydrogens (tertiary/aromatic N) is 14. The van der Waals surface area contributed by atoms with E-state index in [9.17, 15) is 60.1 Å². The monoisotopic (exact) mass is 1720 g/mol. The van der Waals surface area contributed by atoms with Gasteiger partial charge in [-0.15, -0.1) is 12.4 Å². The van der Waals surface area contributed by atoms with Gasteiger partial charge in [0.15, 0.2) is 0 Å². The van der Waals surface area contributed by atoms with Crippen LogP contribution in [-0.4, -0.2) is 331 Å². The Balaban J connectivity index is 0.000000450. The van der Waals surface area contributed by atoms with Gasteiger partial charge in [-0.1, -0.05) is 38.1 Å². The molecule has 4 aromatic carbocycles. The Morgan fingerprint density at radius 2 is 0.775 bits per heavy atom. The molecule has 0 radical (unpaired) electrons. The molecule has 628 valence electrons. The third-order valence-corrected chi connectivity index (χ3v) is 22.2. The van der Waals surface area contributed by atoms with Gasteiger partial charge >= 0.3 is 10.4 Å². The number of anilines is 5. The number of nitrogens with two attached hydrogens (primary N) is 1. The van der Waals surface area contributed by atoms with Crippen LogP contribution in [0, 0.1) is 30.3 Å². The average molecular weight is 1720 g/mol. The van der Waals surface area contributed by atoms with Crippen molar-refractivity contribution in [3.63, 3.8) is 0 Å². The fraction of sp³-hybridized carbons (Fsp3) is 0.667. The maximum Gasteiger partial charge on any atom is 0.399 e. The maximum atomic E-state index is 11.0. The fourth-order valence-electron chi connectivity index (χ4n) is 13.4. The molecule has 0 aromatic heterocycles. The second kappa shape index (κ2) is 49.5. The van der Waals surface area contributed by atoms with Gasteiger partial charge in [0, 0.05) is 222 Å². The predicted molar refractivity (Wildman–Crippen MR) is 430 cm³/mol. The first-order valence-corrected chi connectivity index (χ1v) is 41.2. The Kier molecular flexibility index (Phi) is 45.4. The molecule has 9 aliphatic rings.